The van der Waals surface area contributed by atoms with Crippen molar-refractivity contribution in [3.8, 4) is 0 Å². The van der Waals surface area contributed by atoms with E-state index in [1.54, 1.807) is 0 Å². The topological polar surface area (TPSA) is 26.0 Å². The van der Waals surface area contributed by atoms with Crippen molar-refractivity contribution < 1.29 is 0 Å². The number of fused-ring (bicyclic) bond motifs is 1. The maximum atomic E-state index is 6.61. The van der Waals surface area contributed by atoms with Gasteiger partial charge in [-0.2, -0.15) is 0 Å². The molecule has 0 radical (unpaired) electrons. The normalized spacial score (nSPS) is 22.6. The molecule has 1 fully saturated rings. The molecule has 1 aliphatic carbocycles. The lowest BCUT2D eigenvalue weighted by molar-refractivity contribution is 0.646. The van der Waals surface area contributed by atoms with Gasteiger partial charge >= 0.3 is 0 Å². The SMILES string of the molecule is Cl.N[C@]1(Cc2ccc3ccccc3c2)C[C@@H]1c1cccc(Cl)c1. The van der Waals surface area contributed by atoms with Crippen LogP contribution in [-0.2, 0) is 6.42 Å². The Morgan fingerprint density at radius 3 is 2.52 bits per heavy atom. The predicted molar refractivity (Wildman–Crippen MR) is 101 cm³/mol. The van der Waals surface area contributed by atoms with Crippen molar-refractivity contribution in [1.82, 2.24) is 0 Å². The molecule has 3 aromatic rings. The molecular formula is C20H19Cl2N. The number of hydrogen-bond acceptors (Lipinski definition) is 1. The molecule has 0 aliphatic heterocycles. The first kappa shape index (κ1) is 16.3. The third-order valence-corrected chi connectivity index (χ3v) is 4.95. The monoisotopic (exact) mass is 343 g/mol. The van der Waals surface area contributed by atoms with Crippen molar-refractivity contribution in [2.75, 3.05) is 0 Å². The summed E-state index contributed by atoms with van der Waals surface area (Å²) in [5.74, 6) is 0.415. The molecule has 0 heterocycles. The Morgan fingerprint density at radius 2 is 1.74 bits per heavy atom. The third-order valence-electron chi connectivity index (χ3n) is 4.72. The van der Waals surface area contributed by atoms with Crippen LogP contribution in [0.5, 0.6) is 0 Å². The van der Waals surface area contributed by atoms with E-state index < -0.39 is 0 Å². The number of benzene rings is 3. The Labute approximate surface area is 147 Å². The number of hydrogen-bond donors (Lipinski definition) is 1. The van der Waals surface area contributed by atoms with Gasteiger partial charge in [0.15, 0.2) is 0 Å². The van der Waals surface area contributed by atoms with Crippen LogP contribution in [0.3, 0.4) is 0 Å². The Morgan fingerprint density at radius 1 is 0.957 bits per heavy atom. The smallest absolute Gasteiger partial charge is 0.0408 e. The number of halogens is 2. The Bertz CT molecular complexity index is 846. The van der Waals surface area contributed by atoms with Gasteiger partial charge in [0.05, 0.1) is 0 Å². The van der Waals surface area contributed by atoms with Crippen LogP contribution in [0, 0.1) is 0 Å². The van der Waals surface area contributed by atoms with E-state index >= 15 is 0 Å². The molecule has 1 nitrogen and oxygen atoms in total. The molecule has 2 N–H and O–H groups in total. The zero-order valence-corrected chi connectivity index (χ0v) is 14.3. The molecule has 2 atom stereocenters. The molecule has 0 spiro atoms. The molecule has 1 saturated carbocycles. The van der Waals surface area contributed by atoms with Gasteiger partial charge in [-0.3, -0.25) is 0 Å². The van der Waals surface area contributed by atoms with E-state index in [2.05, 4.69) is 48.5 Å². The van der Waals surface area contributed by atoms with Crippen LogP contribution in [-0.4, -0.2) is 5.54 Å². The first-order valence-corrected chi connectivity index (χ1v) is 8.04. The standard InChI is InChI=1S/C20H18ClN.ClH/c21-18-7-3-6-17(11-18)19-13-20(19,22)12-14-8-9-15-4-1-2-5-16(15)10-14;/h1-11,19H,12-13,22H2;1H/t19-,20-;/m1./s1. The summed E-state index contributed by atoms with van der Waals surface area (Å²) in [5.41, 5.74) is 9.04. The van der Waals surface area contributed by atoms with Gasteiger partial charge in [0.25, 0.3) is 0 Å². The summed E-state index contributed by atoms with van der Waals surface area (Å²) in [4.78, 5) is 0. The second-order valence-corrected chi connectivity index (χ2v) is 6.84. The molecule has 0 unspecified atom stereocenters. The van der Waals surface area contributed by atoms with Crippen LogP contribution in [0.25, 0.3) is 10.8 Å². The fourth-order valence-electron chi connectivity index (χ4n) is 3.42. The molecule has 23 heavy (non-hydrogen) atoms. The molecule has 3 heteroatoms. The summed E-state index contributed by atoms with van der Waals surface area (Å²) in [6, 6.07) is 23.2. The van der Waals surface area contributed by atoms with Crippen molar-refractivity contribution in [2.45, 2.75) is 24.3 Å². The lowest BCUT2D eigenvalue weighted by atomic mass is 9.97. The highest BCUT2D eigenvalue weighted by Gasteiger charge is 2.51. The van der Waals surface area contributed by atoms with Crippen molar-refractivity contribution >= 4 is 34.8 Å². The quantitative estimate of drug-likeness (QED) is 0.682. The molecule has 4 rings (SSSR count). The third kappa shape index (κ3) is 3.23. The van der Waals surface area contributed by atoms with Crippen LogP contribution in [0.15, 0.2) is 66.7 Å². The highest BCUT2D eigenvalue weighted by atomic mass is 35.5. The van der Waals surface area contributed by atoms with Gasteiger partial charge in [-0.1, -0.05) is 66.2 Å². The van der Waals surface area contributed by atoms with Gasteiger partial charge in [-0.05, 0) is 46.9 Å². The van der Waals surface area contributed by atoms with Crippen molar-refractivity contribution in [1.29, 1.82) is 0 Å². The van der Waals surface area contributed by atoms with Crippen molar-refractivity contribution in [2.24, 2.45) is 5.73 Å². The summed E-state index contributed by atoms with van der Waals surface area (Å²) in [5, 5.41) is 3.35. The van der Waals surface area contributed by atoms with E-state index in [0.29, 0.717) is 5.92 Å². The molecule has 0 amide bonds. The zero-order valence-electron chi connectivity index (χ0n) is 12.7. The fourth-order valence-corrected chi connectivity index (χ4v) is 3.62. The van der Waals surface area contributed by atoms with Crippen LogP contribution >= 0.6 is 24.0 Å². The Balaban J connectivity index is 0.00000156. The average molecular weight is 344 g/mol. The van der Waals surface area contributed by atoms with Crippen LogP contribution < -0.4 is 5.73 Å². The van der Waals surface area contributed by atoms with E-state index in [4.69, 9.17) is 17.3 Å². The van der Waals surface area contributed by atoms with Crippen LogP contribution in [0.2, 0.25) is 5.02 Å². The molecule has 3 aromatic carbocycles. The van der Waals surface area contributed by atoms with Gasteiger partial charge in [-0.25, -0.2) is 0 Å². The van der Waals surface area contributed by atoms with Crippen LogP contribution in [0.1, 0.15) is 23.5 Å². The maximum Gasteiger partial charge on any atom is 0.0408 e. The average Bonchev–Trinajstić information content (AvgIpc) is 3.18. The maximum absolute atomic E-state index is 6.61. The summed E-state index contributed by atoms with van der Waals surface area (Å²) < 4.78 is 0. The minimum Gasteiger partial charge on any atom is -0.324 e. The summed E-state index contributed by atoms with van der Waals surface area (Å²) in [6.45, 7) is 0. The Kier molecular flexibility index (Phi) is 4.37. The minimum absolute atomic E-state index is 0. The molecule has 1 aliphatic rings. The van der Waals surface area contributed by atoms with E-state index in [9.17, 15) is 0 Å². The highest BCUT2D eigenvalue weighted by Crippen LogP contribution is 2.51. The zero-order chi connectivity index (χ0) is 15.2. The second kappa shape index (κ2) is 6.16. The summed E-state index contributed by atoms with van der Waals surface area (Å²) >= 11 is 6.09. The molecule has 0 saturated heterocycles. The first-order chi connectivity index (χ1) is 10.6. The van der Waals surface area contributed by atoms with Gasteiger partial charge in [0, 0.05) is 16.5 Å². The molecule has 118 valence electrons. The molecular weight excluding hydrogens is 325 g/mol. The summed E-state index contributed by atoms with van der Waals surface area (Å²) in [6.07, 6.45) is 1.94. The van der Waals surface area contributed by atoms with Gasteiger partial charge in [0.2, 0.25) is 0 Å². The second-order valence-electron chi connectivity index (χ2n) is 6.40. The van der Waals surface area contributed by atoms with Crippen LogP contribution in [0.4, 0.5) is 0 Å². The van der Waals surface area contributed by atoms with Gasteiger partial charge in [-0.15, -0.1) is 12.4 Å². The van der Waals surface area contributed by atoms with E-state index in [0.717, 1.165) is 17.9 Å². The van der Waals surface area contributed by atoms with Gasteiger partial charge in [0.1, 0.15) is 0 Å². The van der Waals surface area contributed by atoms with E-state index in [1.807, 2.05) is 18.2 Å². The number of rotatable bonds is 3. The number of nitrogens with two attached hydrogens (primary N) is 1. The van der Waals surface area contributed by atoms with Crippen molar-refractivity contribution in [3.63, 3.8) is 0 Å². The van der Waals surface area contributed by atoms with E-state index in [1.165, 1.54) is 21.9 Å². The summed E-state index contributed by atoms with van der Waals surface area (Å²) in [7, 11) is 0. The van der Waals surface area contributed by atoms with E-state index in [-0.39, 0.29) is 17.9 Å². The first-order valence-electron chi connectivity index (χ1n) is 7.66. The Hall–Kier alpha value is -1.54. The van der Waals surface area contributed by atoms with Gasteiger partial charge < -0.3 is 5.73 Å². The largest absolute Gasteiger partial charge is 0.324 e. The highest BCUT2D eigenvalue weighted by molar-refractivity contribution is 6.30. The molecule has 0 bridgehead atoms. The predicted octanol–water partition coefficient (Wildman–Crippen LogP) is 5.34. The van der Waals surface area contributed by atoms with Crippen molar-refractivity contribution in [3.05, 3.63) is 82.9 Å². The lowest BCUT2D eigenvalue weighted by Gasteiger charge is -2.13. The molecule has 0 aromatic heterocycles. The lowest BCUT2D eigenvalue weighted by Crippen LogP contribution is -2.27. The minimum atomic E-state index is -0.132. The fraction of sp³-hybridized carbons (Fsp3) is 0.200.